The van der Waals surface area contributed by atoms with Crippen molar-refractivity contribution in [2.24, 2.45) is 0 Å². The summed E-state index contributed by atoms with van der Waals surface area (Å²) in [5.74, 6) is -2.86. The van der Waals surface area contributed by atoms with Gasteiger partial charge in [-0.3, -0.25) is 9.59 Å². The summed E-state index contributed by atoms with van der Waals surface area (Å²) in [6.07, 6.45) is 0.406. The predicted octanol–water partition coefficient (Wildman–Crippen LogP) is 4.87. The van der Waals surface area contributed by atoms with Crippen LogP contribution in [0.2, 0.25) is 5.02 Å². The number of hydrogen-bond acceptors (Lipinski definition) is 5. The van der Waals surface area contributed by atoms with Gasteiger partial charge in [0.15, 0.2) is 5.76 Å². The van der Waals surface area contributed by atoms with Crippen LogP contribution in [-0.2, 0) is 29.1 Å². The Morgan fingerprint density at radius 1 is 1.28 bits per heavy atom. The van der Waals surface area contributed by atoms with Gasteiger partial charge in [-0.2, -0.15) is 0 Å². The lowest BCUT2D eigenvalue weighted by Gasteiger charge is -2.29. The molecule has 1 aliphatic rings. The molecule has 0 saturated heterocycles. The number of nitrogens with one attached hydrogen (secondary N) is 1. The third-order valence-electron chi connectivity index (χ3n) is 6.57. The Balaban J connectivity index is 1.51. The maximum atomic E-state index is 15.0. The van der Waals surface area contributed by atoms with Crippen LogP contribution in [0.5, 0.6) is 5.75 Å². The molecule has 0 fully saturated rings. The smallest absolute Gasteiger partial charge is 0.227 e. The second-order valence-electron chi connectivity index (χ2n) is 8.81. The first-order valence-corrected chi connectivity index (χ1v) is 11.9. The summed E-state index contributed by atoms with van der Waals surface area (Å²) >= 11 is 6.35. The molecule has 0 radical (unpaired) electrons. The number of para-hydroxylation sites is 1. The van der Waals surface area contributed by atoms with Gasteiger partial charge in [0, 0.05) is 53.3 Å². The molecule has 5 rings (SSSR count). The Bertz CT molecular complexity index is 1490. The Morgan fingerprint density at radius 2 is 2.08 bits per heavy atom. The van der Waals surface area contributed by atoms with Crippen molar-refractivity contribution in [1.29, 1.82) is 0 Å². The van der Waals surface area contributed by atoms with Crippen LogP contribution < -0.4 is 5.43 Å². The molecule has 3 heterocycles. The number of nitrogens with zero attached hydrogens (tertiary/aromatic N) is 1. The minimum absolute atomic E-state index is 0.0242. The van der Waals surface area contributed by atoms with E-state index in [0.29, 0.717) is 19.5 Å². The summed E-state index contributed by atoms with van der Waals surface area (Å²) in [4.78, 5) is 31.0. The van der Waals surface area contributed by atoms with E-state index in [9.17, 15) is 14.7 Å². The fourth-order valence-electron chi connectivity index (χ4n) is 4.88. The highest BCUT2D eigenvalue weighted by atomic mass is 35.5. The molecule has 7 nitrogen and oxygen atoms in total. The lowest BCUT2D eigenvalue weighted by molar-refractivity contribution is -0.132. The number of ether oxygens (including phenoxy) is 1. The average Bonchev–Trinajstić information content (AvgIpc) is 3.23. The normalized spacial score (nSPS) is 14.1. The van der Waals surface area contributed by atoms with Gasteiger partial charge in [0.1, 0.15) is 18.2 Å². The van der Waals surface area contributed by atoms with Crippen molar-refractivity contribution in [2.75, 3.05) is 13.7 Å². The van der Waals surface area contributed by atoms with Crippen molar-refractivity contribution in [3.63, 3.8) is 0 Å². The van der Waals surface area contributed by atoms with E-state index in [-0.39, 0.29) is 41.0 Å². The summed E-state index contributed by atoms with van der Waals surface area (Å²) in [5.41, 5.74) is 2.40. The third kappa shape index (κ3) is 4.38. The fraction of sp³-hybridized carbons (Fsp3) is 0.259. The summed E-state index contributed by atoms with van der Waals surface area (Å²) in [6, 6.07) is 13.2. The first-order valence-electron chi connectivity index (χ1n) is 11.5. The summed E-state index contributed by atoms with van der Waals surface area (Å²) in [7, 11) is 1.43. The molecule has 0 aliphatic carbocycles. The Kier molecular flexibility index (Phi) is 6.55. The molecule has 4 aromatic rings. The molecule has 2 N–H and O–H groups in total. The van der Waals surface area contributed by atoms with Gasteiger partial charge < -0.3 is 24.1 Å². The predicted molar refractivity (Wildman–Crippen MR) is 133 cm³/mol. The lowest BCUT2D eigenvalue weighted by atomic mass is 9.90. The van der Waals surface area contributed by atoms with E-state index in [1.807, 2.05) is 18.2 Å². The number of carbonyl (C=O) groups is 1. The van der Waals surface area contributed by atoms with E-state index < -0.39 is 22.9 Å². The first-order chi connectivity index (χ1) is 17.4. The van der Waals surface area contributed by atoms with Crippen molar-refractivity contribution < 1.29 is 23.4 Å². The summed E-state index contributed by atoms with van der Waals surface area (Å²) in [5, 5.41) is 11.8. The Hall–Kier alpha value is -3.62. The van der Waals surface area contributed by atoms with E-state index in [2.05, 4.69) is 11.1 Å². The van der Waals surface area contributed by atoms with E-state index in [1.54, 1.807) is 4.90 Å². The SMILES string of the molecule is COCc1cc(=O)c(O)c(C(CC(=O)N2CCc3c([nH]c4ccccc34)C2)c2c(F)cccc2Cl)o1. The molecule has 2 aromatic carbocycles. The standard InChI is InChI=1S/C27H24ClFN2O5/c1-35-14-15-11-23(32)26(34)27(36-15)18(25-19(28)6-4-7-20(25)29)12-24(33)31-10-9-17-16-5-2-3-8-21(16)30-22(17)13-31/h2-8,11,18,30,34H,9-10,12-14H2,1H3. The van der Waals surface area contributed by atoms with Crippen LogP contribution in [0.25, 0.3) is 10.9 Å². The molecule has 1 amide bonds. The molecule has 1 aliphatic heterocycles. The van der Waals surface area contributed by atoms with Gasteiger partial charge in [0.25, 0.3) is 0 Å². The minimum Gasteiger partial charge on any atom is -0.502 e. The van der Waals surface area contributed by atoms with Gasteiger partial charge in [-0.25, -0.2) is 4.39 Å². The molecule has 1 atom stereocenters. The Labute approximate surface area is 211 Å². The lowest BCUT2D eigenvalue weighted by Crippen LogP contribution is -2.36. The molecule has 0 bridgehead atoms. The van der Waals surface area contributed by atoms with E-state index >= 15 is 4.39 Å². The number of aromatic nitrogens is 1. The molecule has 1 unspecified atom stereocenters. The number of hydrogen-bond donors (Lipinski definition) is 2. The highest BCUT2D eigenvalue weighted by Gasteiger charge is 2.33. The average molecular weight is 511 g/mol. The van der Waals surface area contributed by atoms with Crippen molar-refractivity contribution in [2.45, 2.75) is 31.9 Å². The van der Waals surface area contributed by atoms with Gasteiger partial charge in [-0.15, -0.1) is 0 Å². The molecule has 9 heteroatoms. The molecule has 186 valence electrons. The molecular weight excluding hydrogens is 487 g/mol. The zero-order valence-corrected chi connectivity index (χ0v) is 20.3. The van der Waals surface area contributed by atoms with Gasteiger partial charge in [-0.05, 0) is 30.2 Å². The second-order valence-corrected chi connectivity index (χ2v) is 9.22. The maximum absolute atomic E-state index is 15.0. The number of aromatic hydroxyl groups is 1. The topological polar surface area (TPSA) is 95.8 Å². The number of halogens is 2. The van der Waals surface area contributed by atoms with Gasteiger partial charge in [-0.1, -0.05) is 35.9 Å². The molecule has 0 saturated carbocycles. The number of carbonyl (C=O) groups excluding carboxylic acids is 1. The fourth-order valence-corrected chi connectivity index (χ4v) is 5.18. The maximum Gasteiger partial charge on any atom is 0.227 e. The number of benzene rings is 2. The zero-order chi connectivity index (χ0) is 25.4. The molecule has 0 spiro atoms. The summed E-state index contributed by atoms with van der Waals surface area (Å²) in [6.45, 7) is 0.800. The first kappa shape index (κ1) is 24.1. The number of fused-ring (bicyclic) bond motifs is 3. The Morgan fingerprint density at radius 3 is 2.86 bits per heavy atom. The van der Waals surface area contributed by atoms with Crippen LogP contribution in [0.15, 0.2) is 57.7 Å². The van der Waals surface area contributed by atoms with Crippen molar-refractivity contribution in [1.82, 2.24) is 9.88 Å². The largest absolute Gasteiger partial charge is 0.502 e. The highest BCUT2D eigenvalue weighted by molar-refractivity contribution is 6.31. The van der Waals surface area contributed by atoms with Crippen LogP contribution in [-0.4, -0.2) is 34.6 Å². The van der Waals surface area contributed by atoms with Crippen LogP contribution >= 0.6 is 11.6 Å². The van der Waals surface area contributed by atoms with Gasteiger partial charge in [0.2, 0.25) is 17.1 Å². The van der Waals surface area contributed by atoms with E-state index in [4.69, 9.17) is 20.8 Å². The quantitative estimate of drug-likeness (QED) is 0.386. The van der Waals surface area contributed by atoms with Crippen LogP contribution in [0.4, 0.5) is 4.39 Å². The highest BCUT2D eigenvalue weighted by Crippen LogP contribution is 2.39. The third-order valence-corrected chi connectivity index (χ3v) is 6.89. The number of H-pyrrole nitrogens is 1. The zero-order valence-electron chi connectivity index (χ0n) is 19.5. The van der Waals surface area contributed by atoms with Gasteiger partial charge in [0.05, 0.1) is 12.5 Å². The number of methoxy groups -OCH3 is 1. The number of rotatable bonds is 6. The van der Waals surface area contributed by atoms with Crippen molar-refractivity contribution in [3.8, 4) is 5.75 Å². The van der Waals surface area contributed by atoms with E-state index in [0.717, 1.165) is 22.7 Å². The molecule has 2 aromatic heterocycles. The van der Waals surface area contributed by atoms with Crippen molar-refractivity contribution in [3.05, 3.63) is 97.9 Å². The van der Waals surface area contributed by atoms with Crippen molar-refractivity contribution >= 4 is 28.4 Å². The van der Waals surface area contributed by atoms with Crippen LogP contribution in [0, 0.1) is 5.82 Å². The second kappa shape index (κ2) is 9.79. The van der Waals surface area contributed by atoms with Crippen LogP contribution in [0.1, 0.15) is 40.7 Å². The monoisotopic (exact) mass is 510 g/mol. The number of aromatic amines is 1. The van der Waals surface area contributed by atoms with Crippen LogP contribution in [0.3, 0.4) is 0 Å². The van der Waals surface area contributed by atoms with E-state index in [1.165, 1.54) is 30.9 Å². The molecule has 36 heavy (non-hydrogen) atoms. The number of amides is 1. The minimum atomic E-state index is -1.13. The molecular formula is C27H24ClFN2O5. The summed E-state index contributed by atoms with van der Waals surface area (Å²) < 4.78 is 25.8. The van der Waals surface area contributed by atoms with Gasteiger partial charge >= 0.3 is 0 Å².